The summed E-state index contributed by atoms with van der Waals surface area (Å²) in [5.74, 6) is -2.01. The van der Waals surface area contributed by atoms with Crippen LogP contribution in [0.3, 0.4) is 0 Å². The SMILES string of the molecule is CC(=O)O[C@@H]1C[C@@H](C(=O)Nc2ccc(S(=O)O)cc2)N(C(=O)c2ccc(F)cc2)C1. The van der Waals surface area contributed by atoms with Gasteiger partial charge in [-0.15, -0.1) is 0 Å². The van der Waals surface area contributed by atoms with Crippen LogP contribution in [0.5, 0.6) is 0 Å². The fourth-order valence-corrected chi connectivity index (χ4v) is 3.60. The molecule has 1 saturated heterocycles. The molecule has 0 radical (unpaired) electrons. The van der Waals surface area contributed by atoms with E-state index < -0.39 is 46.8 Å². The summed E-state index contributed by atoms with van der Waals surface area (Å²) in [6, 6.07) is 9.73. The number of amides is 2. The third-order valence-corrected chi connectivity index (χ3v) is 5.25. The predicted molar refractivity (Wildman–Crippen MR) is 106 cm³/mol. The van der Waals surface area contributed by atoms with Crippen molar-refractivity contribution in [2.75, 3.05) is 11.9 Å². The Labute approximate surface area is 174 Å². The summed E-state index contributed by atoms with van der Waals surface area (Å²) in [6.07, 6.45) is -0.543. The second-order valence-corrected chi connectivity index (χ2v) is 7.68. The highest BCUT2D eigenvalue weighted by atomic mass is 32.2. The number of carbonyl (C=O) groups excluding carboxylic acids is 3. The van der Waals surface area contributed by atoms with Gasteiger partial charge in [-0.2, -0.15) is 0 Å². The maximum atomic E-state index is 13.2. The normalized spacial score (nSPS) is 19.2. The topological polar surface area (TPSA) is 113 Å². The molecule has 3 rings (SSSR count). The van der Waals surface area contributed by atoms with E-state index in [2.05, 4.69) is 5.32 Å². The average molecular weight is 434 g/mol. The minimum Gasteiger partial charge on any atom is -0.461 e. The Hall–Kier alpha value is -3.11. The molecule has 2 aromatic carbocycles. The molecule has 158 valence electrons. The van der Waals surface area contributed by atoms with Crippen LogP contribution < -0.4 is 5.32 Å². The van der Waals surface area contributed by atoms with Gasteiger partial charge in [-0.05, 0) is 48.5 Å². The van der Waals surface area contributed by atoms with Gasteiger partial charge in [0.25, 0.3) is 5.91 Å². The molecule has 10 heteroatoms. The number of carbonyl (C=O) groups is 3. The zero-order chi connectivity index (χ0) is 21.8. The molecule has 0 saturated carbocycles. The van der Waals surface area contributed by atoms with Crippen molar-refractivity contribution in [3.05, 3.63) is 59.9 Å². The monoisotopic (exact) mass is 434 g/mol. The van der Waals surface area contributed by atoms with Gasteiger partial charge in [0.2, 0.25) is 5.91 Å². The molecule has 0 aromatic heterocycles. The van der Waals surface area contributed by atoms with Gasteiger partial charge >= 0.3 is 5.97 Å². The molecule has 0 bridgehead atoms. The second kappa shape index (κ2) is 9.14. The van der Waals surface area contributed by atoms with Crippen LogP contribution in [0, 0.1) is 5.82 Å². The first-order valence-electron chi connectivity index (χ1n) is 9.00. The molecule has 2 amide bonds. The molecule has 1 aliphatic rings. The van der Waals surface area contributed by atoms with E-state index >= 15 is 0 Å². The first-order valence-corrected chi connectivity index (χ1v) is 10.1. The van der Waals surface area contributed by atoms with Crippen LogP contribution in [0.25, 0.3) is 0 Å². The standard InChI is InChI=1S/C20H19FN2O6S/c1-12(24)29-16-10-18(19(25)22-15-6-8-17(9-7-15)30(27)28)23(11-16)20(26)13-2-4-14(21)5-3-13/h2-9,16,18H,10-11H2,1H3,(H,22,25)(H,27,28)/t16-,18+/m1/s1. The third-order valence-electron chi connectivity index (χ3n) is 4.57. The fraction of sp³-hybridized carbons (Fsp3) is 0.250. The van der Waals surface area contributed by atoms with Crippen molar-refractivity contribution in [2.45, 2.75) is 30.4 Å². The van der Waals surface area contributed by atoms with Gasteiger partial charge in [-0.1, -0.05) is 0 Å². The molecule has 3 atom stereocenters. The smallest absolute Gasteiger partial charge is 0.302 e. The quantitative estimate of drug-likeness (QED) is 0.551. The van der Waals surface area contributed by atoms with Gasteiger partial charge in [0.05, 0.1) is 11.4 Å². The summed E-state index contributed by atoms with van der Waals surface area (Å²) >= 11 is -2.14. The highest BCUT2D eigenvalue weighted by molar-refractivity contribution is 7.79. The van der Waals surface area contributed by atoms with E-state index in [9.17, 15) is 23.0 Å². The molecule has 1 heterocycles. The maximum absolute atomic E-state index is 13.2. The zero-order valence-electron chi connectivity index (χ0n) is 15.9. The van der Waals surface area contributed by atoms with E-state index in [1.54, 1.807) is 0 Å². The summed E-state index contributed by atoms with van der Waals surface area (Å²) in [5.41, 5.74) is 0.576. The van der Waals surface area contributed by atoms with Crippen LogP contribution in [0.1, 0.15) is 23.7 Å². The summed E-state index contributed by atoms with van der Waals surface area (Å²) in [6.45, 7) is 1.27. The molecule has 0 aliphatic carbocycles. The van der Waals surface area contributed by atoms with Crippen molar-refractivity contribution in [3.63, 3.8) is 0 Å². The molecular formula is C20H19FN2O6S. The number of nitrogens with zero attached hydrogens (tertiary/aromatic N) is 1. The zero-order valence-corrected chi connectivity index (χ0v) is 16.7. The molecular weight excluding hydrogens is 415 g/mol. The number of nitrogens with one attached hydrogen (secondary N) is 1. The van der Waals surface area contributed by atoms with E-state index in [0.29, 0.717) is 5.69 Å². The Bertz CT molecular complexity index is 980. The van der Waals surface area contributed by atoms with Gasteiger partial charge < -0.3 is 19.5 Å². The Morgan fingerprint density at radius 3 is 2.33 bits per heavy atom. The Morgan fingerprint density at radius 2 is 1.77 bits per heavy atom. The van der Waals surface area contributed by atoms with Crippen LogP contribution in [0.15, 0.2) is 53.4 Å². The van der Waals surface area contributed by atoms with Crippen molar-refractivity contribution in [3.8, 4) is 0 Å². The van der Waals surface area contributed by atoms with Gasteiger partial charge in [-0.25, -0.2) is 8.60 Å². The number of hydrogen-bond acceptors (Lipinski definition) is 5. The maximum Gasteiger partial charge on any atom is 0.302 e. The number of ether oxygens (including phenoxy) is 1. The van der Waals surface area contributed by atoms with Crippen LogP contribution >= 0.6 is 0 Å². The first kappa shape index (κ1) is 21.6. The van der Waals surface area contributed by atoms with E-state index in [-0.39, 0.29) is 23.4 Å². The second-order valence-electron chi connectivity index (χ2n) is 6.71. The third kappa shape index (κ3) is 5.08. The van der Waals surface area contributed by atoms with E-state index in [4.69, 9.17) is 9.29 Å². The number of likely N-dealkylation sites (tertiary alicyclic amines) is 1. The fourth-order valence-electron chi connectivity index (χ4n) is 3.23. The molecule has 1 aliphatic heterocycles. The minimum absolute atomic E-state index is 0.0241. The molecule has 2 aromatic rings. The minimum atomic E-state index is -2.14. The number of halogens is 1. The highest BCUT2D eigenvalue weighted by Crippen LogP contribution is 2.25. The lowest BCUT2D eigenvalue weighted by Gasteiger charge is -2.23. The van der Waals surface area contributed by atoms with Crippen LogP contribution in [0.4, 0.5) is 10.1 Å². The van der Waals surface area contributed by atoms with E-state index in [1.165, 1.54) is 48.2 Å². The largest absolute Gasteiger partial charge is 0.461 e. The van der Waals surface area contributed by atoms with Crippen LogP contribution in [0.2, 0.25) is 0 Å². The highest BCUT2D eigenvalue weighted by Gasteiger charge is 2.41. The lowest BCUT2D eigenvalue weighted by Crippen LogP contribution is -2.43. The predicted octanol–water partition coefficient (Wildman–Crippen LogP) is 2.19. The van der Waals surface area contributed by atoms with Gasteiger partial charge in [-0.3, -0.25) is 14.4 Å². The average Bonchev–Trinajstić information content (AvgIpc) is 3.11. The summed E-state index contributed by atoms with van der Waals surface area (Å²) in [5, 5.41) is 2.66. The molecule has 30 heavy (non-hydrogen) atoms. The lowest BCUT2D eigenvalue weighted by atomic mass is 10.1. The van der Waals surface area contributed by atoms with Crippen LogP contribution in [-0.4, -0.2) is 50.1 Å². The summed E-state index contributed by atoms with van der Waals surface area (Å²) in [4.78, 5) is 38.5. The van der Waals surface area contributed by atoms with E-state index in [0.717, 1.165) is 12.1 Å². The number of hydrogen-bond donors (Lipinski definition) is 2. The lowest BCUT2D eigenvalue weighted by molar-refractivity contribution is -0.145. The Morgan fingerprint density at radius 1 is 1.13 bits per heavy atom. The van der Waals surface area contributed by atoms with Crippen molar-refractivity contribution in [1.29, 1.82) is 0 Å². The van der Waals surface area contributed by atoms with Crippen LogP contribution in [-0.2, 0) is 25.4 Å². The molecule has 0 spiro atoms. The Kier molecular flexibility index (Phi) is 6.58. The molecule has 1 unspecified atom stereocenters. The van der Waals surface area contributed by atoms with Crippen molar-refractivity contribution in [1.82, 2.24) is 4.90 Å². The van der Waals surface area contributed by atoms with Crippen molar-refractivity contribution in [2.24, 2.45) is 0 Å². The van der Waals surface area contributed by atoms with Gasteiger partial charge in [0, 0.05) is 24.6 Å². The van der Waals surface area contributed by atoms with Crippen molar-refractivity contribution >= 4 is 34.6 Å². The summed E-state index contributed by atoms with van der Waals surface area (Å²) in [7, 11) is 0. The summed E-state index contributed by atoms with van der Waals surface area (Å²) < 4.78 is 38.5. The number of benzene rings is 2. The van der Waals surface area contributed by atoms with Gasteiger partial charge in [0.1, 0.15) is 18.0 Å². The molecule has 8 nitrogen and oxygen atoms in total. The number of anilines is 1. The Balaban J connectivity index is 1.79. The molecule has 2 N–H and O–H groups in total. The van der Waals surface area contributed by atoms with E-state index in [1.807, 2.05) is 0 Å². The number of rotatable bonds is 5. The number of esters is 1. The van der Waals surface area contributed by atoms with Crippen molar-refractivity contribution < 1.29 is 32.3 Å². The van der Waals surface area contributed by atoms with Gasteiger partial charge in [0.15, 0.2) is 11.1 Å². The molecule has 1 fully saturated rings. The first-order chi connectivity index (χ1) is 14.2.